The summed E-state index contributed by atoms with van der Waals surface area (Å²) in [5, 5.41) is 2.71. The molecular weight excluding hydrogens is 348 g/mol. The van der Waals surface area contributed by atoms with Gasteiger partial charge in [-0.05, 0) is 52.5 Å². The second-order valence-corrected chi connectivity index (χ2v) is 6.05. The molecule has 2 rings (SSSR count). The van der Waals surface area contributed by atoms with Gasteiger partial charge in [0.25, 0.3) is 0 Å². The van der Waals surface area contributed by atoms with E-state index in [1.54, 1.807) is 13.2 Å². The van der Waals surface area contributed by atoms with Crippen molar-refractivity contribution < 1.29 is 14.3 Å². The van der Waals surface area contributed by atoms with Gasteiger partial charge in [0, 0.05) is 12.5 Å². The van der Waals surface area contributed by atoms with E-state index < -0.39 is 12.0 Å². The number of halogens is 1. The zero-order valence-electron chi connectivity index (χ0n) is 12.3. The number of methoxy groups -OCH3 is 1. The first-order valence-electron chi connectivity index (χ1n) is 7.11. The SMILES string of the molecule is COc1ccc(C=CC(=O)C2CCCNC(=O)C2N)cc1Br. The number of amides is 1. The quantitative estimate of drug-likeness (QED) is 0.797. The molecule has 3 N–H and O–H groups in total. The lowest BCUT2D eigenvalue weighted by Crippen LogP contribution is -2.45. The molecule has 0 bridgehead atoms. The molecule has 5 nitrogen and oxygen atoms in total. The van der Waals surface area contributed by atoms with Crippen LogP contribution in [0.5, 0.6) is 5.75 Å². The van der Waals surface area contributed by atoms with E-state index in [0.29, 0.717) is 13.0 Å². The molecule has 0 aromatic heterocycles. The standard InChI is InChI=1S/C16H19BrN2O3/c1-22-14-7-5-10(9-12(14)17)4-6-13(20)11-3-2-8-19-16(21)15(11)18/h4-7,9,11,15H,2-3,8,18H2,1H3,(H,19,21). The molecule has 0 spiro atoms. The molecule has 2 unspecified atom stereocenters. The first-order valence-corrected chi connectivity index (χ1v) is 7.91. The number of ether oxygens (including phenoxy) is 1. The van der Waals surface area contributed by atoms with Gasteiger partial charge in [0.1, 0.15) is 5.75 Å². The van der Waals surface area contributed by atoms with Crippen LogP contribution >= 0.6 is 15.9 Å². The number of hydrogen-bond acceptors (Lipinski definition) is 4. The van der Waals surface area contributed by atoms with E-state index in [1.807, 2.05) is 18.2 Å². The Labute approximate surface area is 138 Å². The van der Waals surface area contributed by atoms with E-state index in [1.165, 1.54) is 6.08 Å². The average molecular weight is 367 g/mol. The second kappa shape index (κ2) is 7.56. The van der Waals surface area contributed by atoms with Gasteiger partial charge in [-0.1, -0.05) is 12.1 Å². The largest absolute Gasteiger partial charge is 0.496 e. The monoisotopic (exact) mass is 366 g/mol. The summed E-state index contributed by atoms with van der Waals surface area (Å²) in [6.07, 6.45) is 4.60. The van der Waals surface area contributed by atoms with Gasteiger partial charge in [0.2, 0.25) is 5.91 Å². The number of nitrogens with two attached hydrogens (primary N) is 1. The van der Waals surface area contributed by atoms with E-state index in [9.17, 15) is 9.59 Å². The molecule has 118 valence electrons. The summed E-state index contributed by atoms with van der Waals surface area (Å²) in [5.74, 6) is -0.0979. The summed E-state index contributed by atoms with van der Waals surface area (Å²) in [6, 6.07) is 4.76. The van der Waals surface area contributed by atoms with Crippen LogP contribution in [-0.4, -0.2) is 31.4 Å². The van der Waals surface area contributed by atoms with Gasteiger partial charge in [-0.25, -0.2) is 0 Å². The van der Waals surface area contributed by atoms with E-state index in [0.717, 1.165) is 22.2 Å². The van der Waals surface area contributed by atoms with Gasteiger partial charge in [0.05, 0.1) is 17.6 Å². The third-order valence-corrected chi connectivity index (χ3v) is 4.33. The third-order valence-electron chi connectivity index (χ3n) is 3.71. The minimum absolute atomic E-state index is 0.114. The Hall–Kier alpha value is -1.66. The number of ketones is 1. The van der Waals surface area contributed by atoms with Gasteiger partial charge in [-0.15, -0.1) is 0 Å². The fraction of sp³-hybridized carbons (Fsp3) is 0.375. The molecule has 1 aliphatic rings. The Balaban J connectivity index is 2.10. The number of rotatable bonds is 4. The Morgan fingerprint density at radius 1 is 1.50 bits per heavy atom. The molecule has 6 heteroatoms. The maximum Gasteiger partial charge on any atom is 0.237 e. The van der Waals surface area contributed by atoms with Crippen LogP contribution < -0.4 is 15.8 Å². The van der Waals surface area contributed by atoms with Gasteiger partial charge >= 0.3 is 0 Å². The predicted molar refractivity (Wildman–Crippen MR) is 88.4 cm³/mol. The van der Waals surface area contributed by atoms with Crippen LogP contribution in [0.25, 0.3) is 6.08 Å². The van der Waals surface area contributed by atoms with Crippen molar-refractivity contribution >= 4 is 33.7 Å². The molecule has 0 aliphatic carbocycles. The van der Waals surface area contributed by atoms with Gasteiger partial charge < -0.3 is 15.8 Å². The number of allylic oxidation sites excluding steroid dienone is 1. The highest BCUT2D eigenvalue weighted by Gasteiger charge is 2.30. The summed E-state index contributed by atoms with van der Waals surface area (Å²) < 4.78 is 5.98. The zero-order chi connectivity index (χ0) is 16.1. The Bertz CT molecular complexity index is 601. The lowest BCUT2D eigenvalue weighted by Gasteiger charge is -2.16. The Kier molecular flexibility index (Phi) is 5.74. The number of nitrogens with one attached hydrogen (secondary N) is 1. The minimum Gasteiger partial charge on any atom is -0.496 e. The highest BCUT2D eigenvalue weighted by molar-refractivity contribution is 9.10. The number of hydrogen-bond donors (Lipinski definition) is 2. The van der Waals surface area contributed by atoms with Crippen LogP contribution in [0.3, 0.4) is 0 Å². The highest BCUT2D eigenvalue weighted by atomic mass is 79.9. The smallest absolute Gasteiger partial charge is 0.237 e. The highest BCUT2D eigenvalue weighted by Crippen LogP contribution is 2.26. The topological polar surface area (TPSA) is 81.4 Å². The molecule has 1 saturated heterocycles. The molecule has 1 aromatic carbocycles. The van der Waals surface area contributed by atoms with Gasteiger partial charge in [0.15, 0.2) is 5.78 Å². The minimum atomic E-state index is -0.776. The maximum absolute atomic E-state index is 12.3. The van der Waals surface area contributed by atoms with Crippen molar-refractivity contribution in [3.63, 3.8) is 0 Å². The van der Waals surface area contributed by atoms with Gasteiger partial charge in [-0.2, -0.15) is 0 Å². The molecule has 0 radical (unpaired) electrons. The number of benzene rings is 1. The van der Waals surface area contributed by atoms with E-state index in [-0.39, 0.29) is 11.7 Å². The van der Waals surface area contributed by atoms with Crippen LogP contribution in [0.1, 0.15) is 18.4 Å². The summed E-state index contributed by atoms with van der Waals surface area (Å²) >= 11 is 3.40. The van der Waals surface area contributed by atoms with E-state index in [4.69, 9.17) is 10.5 Å². The summed E-state index contributed by atoms with van der Waals surface area (Å²) in [4.78, 5) is 24.0. The third kappa shape index (κ3) is 3.96. The fourth-order valence-electron chi connectivity index (χ4n) is 2.42. The lowest BCUT2D eigenvalue weighted by molar-refractivity contribution is -0.127. The van der Waals surface area contributed by atoms with Crippen molar-refractivity contribution in [1.82, 2.24) is 5.32 Å². The summed E-state index contributed by atoms with van der Waals surface area (Å²) in [5.41, 5.74) is 6.73. The van der Waals surface area contributed by atoms with Crippen molar-refractivity contribution in [2.75, 3.05) is 13.7 Å². The molecule has 1 fully saturated rings. The Morgan fingerprint density at radius 2 is 2.27 bits per heavy atom. The van der Waals surface area contributed by atoms with E-state index in [2.05, 4.69) is 21.2 Å². The first kappa shape index (κ1) is 16.7. The molecule has 1 aromatic rings. The zero-order valence-corrected chi connectivity index (χ0v) is 13.9. The molecular formula is C16H19BrN2O3. The summed E-state index contributed by atoms with van der Waals surface area (Å²) in [6.45, 7) is 0.575. The maximum atomic E-state index is 12.3. The van der Waals surface area contributed by atoms with Gasteiger partial charge in [-0.3, -0.25) is 9.59 Å². The molecule has 2 atom stereocenters. The van der Waals surface area contributed by atoms with Crippen molar-refractivity contribution in [3.8, 4) is 5.75 Å². The molecule has 22 heavy (non-hydrogen) atoms. The van der Waals surface area contributed by atoms with Crippen LogP contribution in [-0.2, 0) is 9.59 Å². The van der Waals surface area contributed by atoms with Crippen LogP contribution in [0.4, 0.5) is 0 Å². The Morgan fingerprint density at radius 3 is 2.95 bits per heavy atom. The molecule has 1 heterocycles. The lowest BCUT2D eigenvalue weighted by atomic mass is 9.91. The fourth-order valence-corrected chi connectivity index (χ4v) is 2.98. The van der Waals surface area contributed by atoms with Crippen LogP contribution in [0.15, 0.2) is 28.7 Å². The normalized spacial score (nSPS) is 22.2. The van der Waals surface area contributed by atoms with Crippen molar-refractivity contribution in [2.45, 2.75) is 18.9 Å². The van der Waals surface area contributed by atoms with Crippen LogP contribution in [0.2, 0.25) is 0 Å². The van der Waals surface area contributed by atoms with Crippen molar-refractivity contribution in [3.05, 3.63) is 34.3 Å². The number of carbonyl (C=O) groups excluding carboxylic acids is 2. The van der Waals surface area contributed by atoms with E-state index >= 15 is 0 Å². The van der Waals surface area contributed by atoms with Crippen molar-refractivity contribution in [1.29, 1.82) is 0 Å². The van der Waals surface area contributed by atoms with Crippen LogP contribution in [0, 0.1) is 5.92 Å². The number of carbonyl (C=O) groups is 2. The molecule has 1 amide bonds. The summed E-state index contributed by atoms with van der Waals surface area (Å²) in [7, 11) is 1.59. The first-order chi connectivity index (χ1) is 10.5. The molecule has 0 saturated carbocycles. The van der Waals surface area contributed by atoms with Crippen molar-refractivity contribution in [2.24, 2.45) is 11.7 Å². The predicted octanol–water partition coefficient (Wildman–Crippen LogP) is 1.89. The molecule has 1 aliphatic heterocycles. The average Bonchev–Trinajstić information content (AvgIpc) is 2.67. The second-order valence-electron chi connectivity index (χ2n) is 5.20.